The lowest BCUT2D eigenvalue weighted by molar-refractivity contribution is 0.259. The first-order valence-electron chi connectivity index (χ1n) is 8.23. The Morgan fingerprint density at radius 2 is 1.64 bits per heavy atom. The molecule has 3 aromatic carbocycles. The lowest BCUT2D eigenvalue weighted by Crippen LogP contribution is -1.99. The van der Waals surface area contributed by atoms with Crippen LogP contribution in [0.5, 0.6) is 5.75 Å². The van der Waals surface area contributed by atoms with Crippen molar-refractivity contribution in [3.05, 3.63) is 90.0 Å². The summed E-state index contributed by atoms with van der Waals surface area (Å²) >= 11 is 1.77. The van der Waals surface area contributed by atoms with Gasteiger partial charge in [-0.2, -0.15) is 0 Å². The van der Waals surface area contributed by atoms with E-state index >= 15 is 0 Å². The molecular weight excluding hydrogens is 328 g/mol. The molecule has 1 heterocycles. The fourth-order valence-electron chi connectivity index (χ4n) is 2.83. The van der Waals surface area contributed by atoms with Gasteiger partial charge in [0.05, 0.1) is 6.61 Å². The predicted molar refractivity (Wildman–Crippen MR) is 104 cm³/mol. The van der Waals surface area contributed by atoms with Crippen LogP contribution in [0.4, 0.5) is 0 Å². The van der Waals surface area contributed by atoms with Gasteiger partial charge < -0.3 is 9.84 Å². The number of benzene rings is 3. The lowest BCUT2D eigenvalue weighted by atomic mass is 10.1. The maximum atomic E-state index is 9.61. The van der Waals surface area contributed by atoms with Gasteiger partial charge in [0.25, 0.3) is 0 Å². The first-order valence-corrected chi connectivity index (χ1v) is 9.04. The highest BCUT2D eigenvalue weighted by atomic mass is 32.1. The van der Waals surface area contributed by atoms with Crippen LogP contribution in [0.3, 0.4) is 0 Å². The van der Waals surface area contributed by atoms with Crippen molar-refractivity contribution < 1.29 is 9.84 Å². The molecule has 3 heteroatoms. The van der Waals surface area contributed by atoms with Crippen LogP contribution in [-0.4, -0.2) is 5.11 Å². The average molecular weight is 346 g/mol. The highest BCUT2D eigenvalue weighted by molar-refractivity contribution is 7.22. The minimum Gasteiger partial charge on any atom is -0.489 e. The number of thiophene rings is 1. The number of rotatable bonds is 5. The van der Waals surface area contributed by atoms with Crippen LogP contribution in [0.25, 0.3) is 20.5 Å². The van der Waals surface area contributed by atoms with Gasteiger partial charge >= 0.3 is 0 Å². The van der Waals surface area contributed by atoms with Crippen molar-refractivity contribution in [1.82, 2.24) is 0 Å². The van der Waals surface area contributed by atoms with Gasteiger partial charge in [-0.15, -0.1) is 11.3 Å². The second-order valence-electron chi connectivity index (χ2n) is 5.90. The molecule has 0 saturated heterocycles. The van der Waals surface area contributed by atoms with Crippen molar-refractivity contribution in [2.75, 3.05) is 0 Å². The second-order valence-corrected chi connectivity index (χ2v) is 6.99. The van der Waals surface area contributed by atoms with Crippen LogP contribution in [0.15, 0.2) is 78.9 Å². The van der Waals surface area contributed by atoms with Crippen LogP contribution < -0.4 is 4.74 Å². The van der Waals surface area contributed by atoms with E-state index < -0.39 is 0 Å². The van der Waals surface area contributed by atoms with Crippen LogP contribution in [0, 0.1) is 0 Å². The second kappa shape index (κ2) is 7.09. The molecule has 2 nitrogen and oxygen atoms in total. The largest absolute Gasteiger partial charge is 0.489 e. The zero-order valence-corrected chi connectivity index (χ0v) is 14.5. The van der Waals surface area contributed by atoms with E-state index in [9.17, 15) is 5.11 Å². The first kappa shape index (κ1) is 15.9. The van der Waals surface area contributed by atoms with Gasteiger partial charge in [0.1, 0.15) is 12.4 Å². The van der Waals surface area contributed by atoms with E-state index in [0.29, 0.717) is 6.61 Å². The van der Waals surface area contributed by atoms with E-state index in [4.69, 9.17) is 4.74 Å². The molecule has 0 radical (unpaired) electrons. The molecule has 0 aliphatic carbocycles. The predicted octanol–water partition coefficient (Wildman–Crippen LogP) is 5.64. The average Bonchev–Trinajstić information content (AvgIpc) is 3.11. The van der Waals surface area contributed by atoms with E-state index in [0.717, 1.165) is 22.4 Å². The monoisotopic (exact) mass is 346 g/mol. The van der Waals surface area contributed by atoms with Gasteiger partial charge in [0.15, 0.2) is 0 Å². The van der Waals surface area contributed by atoms with Gasteiger partial charge in [-0.1, -0.05) is 60.7 Å². The maximum absolute atomic E-state index is 9.61. The van der Waals surface area contributed by atoms with Crippen molar-refractivity contribution in [2.45, 2.75) is 13.2 Å². The Hall–Kier alpha value is -2.62. The van der Waals surface area contributed by atoms with Crippen molar-refractivity contribution in [3.8, 4) is 16.2 Å². The SMILES string of the molecule is OCc1ccc(-c2cc3ccccc3s2)cc1OCc1ccccc1. The molecule has 0 amide bonds. The standard InChI is InChI=1S/C22H18O2S/c23-14-19-11-10-18(22-13-17-8-4-5-9-21(17)25-22)12-20(19)24-15-16-6-2-1-3-7-16/h1-13,23H,14-15H2. The first-order chi connectivity index (χ1) is 12.3. The molecule has 25 heavy (non-hydrogen) atoms. The number of fused-ring (bicyclic) bond motifs is 1. The molecule has 0 fully saturated rings. The Bertz CT molecular complexity index is 956. The Morgan fingerprint density at radius 1 is 0.840 bits per heavy atom. The summed E-state index contributed by atoms with van der Waals surface area (Å²) in [4.78, 5) is 1.20. The number of aliphatic hydroxyl groups excluding tert-OH is 1. The van der Waals surface area contributed by atoms with E-state index in [1.54, 1.807) is 11.3 Å². The third kappa shape index (κ3) is 3.43. The molecule has 1 N–H and O–H groups in total. The van der Waals surface area contributed by atoms with E-state index in [1.165, 1.54) is 15.0 Å². The highest BCUT2D eigenvalue weighted by Gasteiger charge is 2.09. The molecular formula is C22H18O2S. The van der Waals surface area contributed by atoms with Crippen molar-refractivity contribution >= 4 is 21.4 Å². The highest BCUT2D eigenvalue weighted by Crippen LogP contribution is 2.36. The van der Waals surface area contributed by atoms with Crippen molar-refractivity contribution in [1.29, 1.82) is 0 Å². The molecule has 0 aliphatic rings. The zero-order chi connectivity index (χ0) is 17.1. The molecule has 4 rings (SSSR count). The molecule has 0 unspecified atom stereocenters. The summed E-state index contributed by atoms with van der Waals surface area (Å²) in [5.41, 5.74) is 3.03. The molecule has 1 aromatic heterocycles. The van der Waals surface area contributed by atoms with Gasteiger partial charge in [-0.25, -0.2) is 0 Å². The number of hydrogen-bond donors (Lipinski definition) is 1. The third-order valence-corrected chi connectivity index (χ3v) is 5.35. The van der Waals surface area contributed by atoms with E-state index in [1.807, 2.05) is 48.5 Å². The summed E-state index contributed by atoms with van der Waals surface area (Å²) in [6, 6.07) is 26.7. The van der Waals surface area contributed by atoms with Crippen LogP contribution >= 0.6 is 11.3 Å². The maximum Gasteiger partial charge on any atom is 0.125 e. The van der Waals surface area contributed by atoms with Gasteiger partial charge in [0.2, 0.25) is 0 Å². The molecule has 0 spiro atoms. The fraction of sp³-hybridized carbons (Fsp3) is 0.0909. The number of aliphatic hydroxyl groups is 1. The quantitative estimate of drug-likeness (QED) is 0.507. The summed E-state index contributed by atoms with van der Waals surface area (Å²) in [5, 5.41) is 10.9. The number of hydrogen-bond acceptors (Lipinski definition) is 3. The Balaban J connectivity index is 1.65. The summed E-state index contributed by atoms with van der Waals surface area (Å²) in [5.74, 6) is 0.737. The smallest absolute Gasteiger partial charge is 0.125 e. The summed E-state index contributed by atoms with van der Waals surface area (Å²) < 4.78 is 7.27. The number of ether oxygens (including phenoxy) is 1. The zero-order valence-electron chi connectivity index (χ0n) is 13.7. The van der Waals surface area contributed by atoms with Crippen LogP contribution in [0.1, 0.15) is 11.1 Å². The minimum atomic E-state index is -0.0309. The molecule has 0 saturated carbocycles. The summed E-state index contributed by atoms with van der Waals surface area (Å²) in [6.45, 7) is 0.459. The van der Waals surface area contributed by atoms with Gasteiger partial charge in [-0.3, -0.25) is 0 Å². The van der Waals surface area contributed by atoms with E-state index in [2.05, 4.69) is 30.3 Å². The Kier molecular flexibility index (Phi) is 4.51. The fourth-order valence-corrected chi connectivity index (χ4v) is 3.89. The molecule has 4 aromatic rings. The van der Waals surface area contributed by atoms with E-state index in [-0.39, 0.29) is 6.61 Å². The van der Waals surface area contributed by atoms with Crippen molar-refractivity contribution in [3.63, 3.8) is 0 Å². The van der Waals surface area contributed by atoms with Gasteiger partial charge in [-0.05, 0) is 34.7 Å². The molecule has 0 aliphatic heterocycles. The molecule has 0 bridgehead atoms. The Morgan fingerprint density at radius 3 is 2.44 bits per heavy atom. The normalized spacial score (nSPS) is 10.9. The van der Waals surface area contributed by atoms with Crippen molar-refractivity contribution in [2.24, 2.45) is 0 Å². The molecule has 124 valence electrons. The van der Waals surface area contributed by atoms with Gasteiger partial charge in [0, 0.05) is 15.1 Å². The topological polar surface area (TPSA) is 29.5 Å². The summed E-state index contributed by atoms with van der Waals surface area (Å²) in [7, 11) is 0. The Labute approximate surface area is 151 Å². The minimum absolute atomic E-state index is 0.0309. The van der Waals surface area contributed by atoms with Crippen LogP contribution in [-0.2, 0) is 13.2 Å². The summed E-state index contributed by atoms with van der Waals surface area (Å²) in [6.07, 6.45) is 0. The van der Waals surface area contributed by atoms with Crippen LogP contribution in [0.2, 0.25) is 0 Å². The third-order valence-electron chi connectivity index (χ3n) is 4.18. The lowest BCUT2D eigenvalue weighted by Gasteiger charge is -2.12. The molecule has 0 atom stereocenters.